The van der Waals surface area contributed by atoms with Crippen LogP contribution in [0.15, 0.2) is 42.5 Å². The van der Waals surface area contributed by atoms with E-state index in [4.69, 9.17) is 5.73 Å². The Morgan fingerprint density at radius 1 is 0.900 bits per heavy atom. The van der Waals surface area contributed by atoms with Gasteiger partial charge >= 0.3 is 0 Å². The molecule has 0 saturated heterocycles. The summed E-state index contributed by atoms with van der Waals surface area (Å²) >= 11 is 0. The Labute approximate surface area is 122 Å². The number of aryl methyl sites for hydroxylation is 3. The summed E-state index contributed by atoms with van der Waals surface area (Å²) in [5.74, 6) is 0.512. The molecule has 0 bridgehead atoms. The molecule has 2 rings (SSSR count). The number of hydrogen-bond acceptors (Lipinski definition) is 1. The van der Waals surface area contributed by atoms with E-state index in [1.165, 1.54) is 27.8 Å². The van der Waals surface area contributed by atoms with Gasteiger partial charge in [0.1, 0.15) is 0 Å². The standard InChI is InChI=1S/C19H25N/c1-14-9-15(2)19(16(3)10-14)12-18(13-20)11-17-7-5-4-6-8-17/h4-10,18H,11-13,20H2,1-3H3. The summed E-state index contributed by atoms with van der Waals surface area (Å²) < 4.78 is 0. The van der Waals surface area contributed by atoms with Crippen LogP contribution in [0.4, 0.5) is 0 Å². The predicted octanol–water partition coefficient (Wildman–Crippen LogP) is 3.97. The van der Waals surface area contributed by atoms with Crippen LogP contribution in [0, 0.1) is 26.7 Å². The molecule has 1 atom stereocenters. The molecule has 1 unspecified atom stereocenters. The summed E-state index contributed by atoms with van der Waals surface area (Å²) in [6, 6.07) is 15.2. The van der Waals surface area contributed by atoms with Crippen molar-refractivity contribution >= 4 is 0 Å². The van der Waals surface area contributed by atoms with Crippen LogP contribution in [0.1, 0.15) is 27.8 Å². The van der Waals surface area contributed by atoms with Gasteiger partial charge in [-0.25, -0.2) is 0 Å². The van der Waals surface area contributed by atoms with Gasteiger partial charge in [-0.15, -0.1) is 0 Å². The molecule has 0 aliphatic rings. The van der Waals surface area contributed by atoms with E-state index in [0.29, 0.717) is 5.92 Å². The normalized spacial score (nSPS) is 12.4. The zero-order chi connectivity index (χ0) is 14.5. The van der Waals surface area contributed by atoms with E-state index in [-0.39, 0.29) is 0 Å². The second-order valence-electron chi connectivity index (χ2n) is 5.87. The molecule has 0 saturated carbocycles. The summed E-state index contributed by atoms with van der Waals surface area (Å²) in [5.41, 5.74) is 13.0. The van der Waals surface area contributed by atoms with Crippen LogP contribution in [0.3, 0.4) is 0 Å². The van der Waals surface area contributed by atoms with Gasteiger partial charge in [0.2, 0.25) is 0 Å². The van der Waals surface area contributed by atoms with E-state index >= 15 is 0 Å². The molecule has 0 radical (unpaired) electrons. The van der Waals surface area contributed by atoms with Crippen LogP contribution in [0.2, 0.25) is 0 Å². The molecule has 106 valence electrons. The van der Waals surface area contributed by atoms with E-state index in [2.05, 4.69) is 63.2 Å². The summed E-state index contributed by atoms with van der Waals surface area (Å²) in [6.07, 6.45) is 2.13. The first kappa shape index (κ1) is 14.8. The van der Waals surface area contributed by atoms with Crippen LogP contribution in [0.25, 0.3) is 0 Å². The van der Waals surface area contributed by atoms with E-state index in [1.807, 2.05) is 0 Å². The minimum absolute atomic E-state index is 0.512. The second-order valence-corrected chi connectivity index (χ2v) is 5.87. The monoisotopic (exact) mass is 267 g/mol. The van der Waals surface area contributed by atoms with E-state index in [9.17, 15) is 0 Å². The Bertz CT molecular complexity index is 534. The first-order valence-corrected chi connectivity index (χ1v) is 7.41. The van der Waals surface area contributed by atoms with E-state index in [1.54, 1.807) is 0 Å². The summed E-state index contributed by atoms with van der Waals surface area (Å²) in [5, 5.41) is 0. The fraction of sp³-hybridized carbons (Fsp3) is 0.368. The van der Waals surface area contributed by atoms with Gasteiger partial charge in [0.25, 0.3) is 0 Å². The van der Waals surface area contributed by atoms with Gasteiger partial charge in [-0.3, -0.25) is 0 Å². The lowest BCUT2D eigenvalue weighted by Gasteiger charge is -2.19. The molecule has 1 nitrogen and oxygen atoms in total. The molecule has 0 heterocycles. The van der Waals surface area contributed by atoms with Crippen molar-refractivity contribution in [1.29, 1.82) is 0 Å². The maximum absolute atomic E-state index is 6.00. The minimum Gasteiger partial charge on any atom is -0.330 e. The number of benzene rings is 2. The topological polar surface area (TPSA) is 26.0 Å². The SMILES string of the molecule is Cc1cc(C)c(CC(CN)Cc2ccccc2)c(C)c1. The number of rotatable bonds is 5. The second kappa shape index (κ2) is 6.71. The summed E-state index contributed by atoms with van der Waals surface area (Å²) in [6.45, 7) is 7.33. The minimum atomic E-state index is 0.512. The molecular formula is C19H25N. The average Bonchev–Trinajstić information content (AvgIpc) is 2.42. The number of hydrogen-bond donors (Lipinski definition) is 1. The third-order valence-corrected chi connectivity index (χ3v) is 4.03. The highest BCUT2D eigenvalue weighted by Crippen LogP contribution is 2.21. The van der Waals surface area contributed by atoms with Crippen LogP contribution in [-0.2, 0) is 12.8 Å². The van der Waals surface area contributed by atoms with E-state index in [0.717, 1.165) is 19.4 Å². The van der Waals surface area contributed by atoms with E-state index < -0.39 is 0 Å². The van der Waals surface area contributed by atoms with Crippen LogP contribution >= 0.6 is 0 Å². The molecule has 0 aromatic heterocycles. The van der Waals surface area contributed by atoms with Gasteiger partial charge in [0.05, 0.1) is 0 Å². The smallest absolute Gasteiger partial charge is 0.00425 e. The van der Waals surface area contributed by atoms with Crippen LogP contribution in [0.5, 0.6) is 0 Å². The Morgan fingerprint density at radius 3 is 2.05 bits per heavy atom. The van der Waals surface area contributed by atoms with Crippen molar-refractivity contribution in [3.63, 3.8) is 0 Å². The predicted molar refractivity (Wildman–Crippen MR) is 87.0 cm³/mol. The van der Waals surface area contributed by atoms with Crippen molar-refractivity contribution in [2.24, 2.45) is 11.7 Å². The fourth-order valence-electron chi connectivity index (χ4n) is 3.01. The van der Waals surface area contributed by atoms with Crippen molar-refractivity contribution in [3.05, 3.63) is 70.3 Å². The number of nitrogens with two attached hydrogens (primary N) is 1. The maximum atomic E-state index is 6.00. The van der Waals surface area contributed by atoms with Crippen molar-refractivity contribution in [2.45, 2.75) is 33.6 Å². The zero-order valence-corrected chi connectivity index (χ0v) is 12.8. The van der Waals surface area contributed by atoms with Crippen molar-refractivity contribution in [2.75, 3.05) is 6.54 Å². The molecule has 20 heavy (non-hydrogen) atoms. The van der Waals surface area contributed by atoms with Crippen molar-refractivity contribution in [1.82, 2.24) is 0 Å². The van der Waals surface area contributed by atoms with Gasteiger partial charge in [0, 0.05) is 0 Å². The lowest BCUT2D eigenvalue weighted by Crippen LogP contribution is -2.20. The molecule has 0 aliphatic heterocycles. The summed E-state index contributed by atoms with van der Waals surface area (Å²) in [4.78, 5) is 0. The van der Waals surface area contributed by atoms with Gasteiger partial charge in [-0.05, 0) is 68.3 Å². The molecule has 0 amide bonds. The Hall–Kier alpha value is -1.60. The van der Waals surface area contributed by atoms with Crippen molar-refractivity contribution in [3.8, 4) is 0 Å². The first-order chi connectivity index (χ1) is 9.60. The highest BCUT2D eigenvalue weighted by molar-refractivity contribution is 5.38. The molecule has 2 aromatic carbocycles. The lowest BCUT2D eigenvalue weighted by molar-refractivity contribution is 0.531. The van der Waals surface area contributed by atoms with Gasteiger partial charge in [0.15, 0.2) is 0 Å². The molecule has 1 heteroatoms. The summed E-state index contributed by atoms with van der Waals surface area (Å²) in [7, 11) is 0. The average molecular weight is 267 g/mol. The third-order valence-electron chi connectivity index (χ3n) is 4.03. The van der Waals surface area contributed by atoms with Gasteiger partial charge in [-0.2, -0.15) is 0 Å². The van der Waals surface area contributed by atoms with Crippen LogP contribution in [-0.4, -0.2) is 6.54 Å². The maximum Gasteiger partial charge on any atom is -0.00425 e. The molecular weight excluding hydrogens is 242 g/mol. The highest BCUT2D eigenvalue weighted by atomic mass is 14.5. The third kappa shape index (κ3) is 3.71. The van der Waals surface area contributed by atoms with Crippen molar-refractivity contribution < 1.29 is 0 Å². The first-order valence-electron chi connectivity index (χ1n) is 7.41. The molecule has 0 aliphatic carbocycles. The lowest BCUT2D eigenvalue weighted by atomic mass is 9.88. The quantitative estimate of drug-likeness (QED) is 0.871. The molecule has 0 fully saturated rings. The zero-order valence-electron chi connectivity index (χ0n) is 12.8. The Kier molecular flexibility index (Phi) is 4.97. The molecule has 0 spiro atoms. The van der Waals surface area contributed by atoms with Gasteiger partial charge < -0.3 is 5.73 Å². The Morgan fingerprint density at radius 2 is 1.50 bits per heavy atom. The molecule has 2 aromatic rings. The Balaban J connectivity index is 2.15. The largest absolute Gasteiger partial charge is 0.330 e. The highest BCUT2D eigenvalue weighted by Gasteiger charge is 2.12. The van der Waals surface area contributed by atoms with Gasteiger partial charge in [-0.1, -0.05) is 48.0 Å². The molecule has 2 N–H and O–H groups in total. The van der Waals surface area contributed by atoms with Crippen LogP contribution < -0.4 is 5.73 Å². The fourth-order valence-corrected chi connectivity index (χ4v) is 3.01.